The number of benzene rings is 3. The highest BCUT2D eigenvalue weighted by molar-refractivity contribution is 7.92. The molecule has 0 bridgehead atoms. The molecule has 196 valence electrons. The smallest absolute Gasteiger partial charge is 0.244 e. The first-order valence-corrected chi connectivity index (χ1v) is 14.7. The molecule has 1 atom stereocenters. The van der Waals surface area contributed by atoms with Crippen LogP contribution < -0.4 is 9.62 Å². The lowest BCUT2D eigenvalue weighted by molar-refractivity contribution is -0.139. The van der Waals surface area contributed by atoms with E-state index in [1.54, 1.807) is 19.1 Å². The Morgan fingerprint density at radius 3 is 2.30 bits per heavy atom. The molecular weight excluding hydrogens is 486 g/mol. The molecule has 8 heteroatoms. The van der Waals surface area contributed by atoms with E-state index >= 15 is 0 Å². The zero-order chi connectivity index (χ0) is 26.4. The number of hydrogen-bond donors (Lipinski definition) is 1. The number of anilines is 1. The standard InChI is InChI=1S/C29H35N3O4S/c1-22(29(34)30-25-15-7-8-16-25)31(20-19-23-11-4-3-5-12-23)28(33)21-32(37(2,35)36)27-18-10-14-24-13-6-9-17-26(24)27/h3-6,9-14,17-18,22,25H,7-8,15-16,19-21H2,1-2H3,(H,30,34)/t22-/m0/s1. The molecule has 1 aliphatic carbocycles. The van der Waals surface area contributed by atoms with Gasteiger partial charge in [0, 0.05) is 18.0 Å². The average molecular weight is 522 g/mol. The number of fused-ring (bicyclic) bond motifs is 1. The van der Waals surface area contributed by atoms with Gasteiger partial charge >= 0.3 is 0 Å². The minimum Gasteiger partial charge on any atom is -0.352 e. The number of carbonyl (C=O) groups is 2. The Labute approximate surface area is 219 Å². The molecule has 0 spiro atoms. The second-order valence-electron chi connectivity index (χ2n) is 9.76. The quantitative estimate of drug-likeness (QED) is 0.435. The Morgan fingerprint density at radius 2 is 1.59 bits per heavy atom. The SMILES string of the molecule is C[C@@H](C(=O)NC1CCCC1)N(CCc1ccccc1)C(=O)CN(c1cccc2ccccc12)S(C)(=O)=O. The molecule has 0 radical (unpaired) electrons. The van der Waals surface area contributed by atoms with Gasteiger partial charge in [0.2, 0.25) is 21.8 Å². The van der Waals surface area contributed by atoms with Gasteiger partial charge in [-0.25, -0.2) is 8.42 Å². The summed E-state index contributed by atoms with van der Waals surface area (Å²) in [5.74, 6) is -0.618. The van der Waals surface area contributed by atoms with Crippen LogP contribution in [0.15, 0.2) is 72.8 Å². The van der Waals surface area contributed by atoms with Crippen LogP contribution >= 0.6 is 0 Å². The van der Waals surface area contributed by atoms with E-state index in [1.807, 2.05) is 60.7 Å². The highest BCUT2D eigenvalue weighted by atomic mass is 32.2. The van der Waals surface area contributed by atoms with E-state index < -0.39 is 22.0 Å². The number of rotatable bonds is 10. The second-order valence-corrected chi connectivity index (χ2v) is 11.7. The third kappa shape index (κ3) is 6.68. The molecule has 7 nitrogen and oxygen atoms in total. The molecule has 3 aromatic rings. The molecule has 0 aliphatic heterocycles. The van der Waals surface area contributed by atoms with Crippen molar-refractivity contribution in [3.05, 3.63) is 78.4 Å². The van der Waals surface area contributed by atoms with Crippen molar-refractivity contribution < 1.29 is 18.0 Å². The lowest BCUT2D eigenvalue weighted by Gasteiger charge is -2.32. The molecule has 2 amide bonds. The summed E-state index contributed by atoms with van der Waals surface area (Å²) in [7, 11) is -3.78. The predicted octanol–water partition coefficient (Wildman–Crippen LogP) is 4.12. The molecule has 4 rings (SSSR count). The van der Waals surface area contributed by atoms with Crippen molar-refractivity contribution in [2.45, 2.75) is 51.1 Å². The van der Waals surface area contributed by atoms with Crippen molar-refractivity contribution in [2.75, 3.05) is 23.7 Å². The van der Waals surface area contributed by atoms with Gasteiger partial charge < -0.3 is 10.2 Å². The molecule has 0 unspecified atom stereocenters. The van der Waals surface area contributed by atoms with Crippen molar-refractivity contribution in [3.8, 4) is 0 Å². The Kier molecular flexibility index (Phi) is 8.48. The van der Waals surface area contributed by atoms with Gasteiger partial charge in [-0.15, -0.1) is 0 Å². The van der Waals surface area contributed by atoms with Gasteiger partial charge in [0.05, 0.1) is 11.9 Å². The van der Waals surface area contributed by atoms with E-state index in [0.717, 1.165) is 52.6 Å². The van der Waals surface area contributed by atoms with Crippen molar-refractivity contribution in [3.63, 3.8) is 0 Å². The first kappa shape index (κ1) is 26.7. The fourth-order valence-corrected chi connectivity index (χ4v) is 5.84. The number of amides is 2. The molecule has 1 N–H and O–H groups in total. The zero-order valence-electron chi connectivity index (χ0n) is 21.5. The Morgan fingerprint density at radius 1 is 0.946 bits per heavy atom. The number of carbonyl (C=O) groups excluding carboxylic acids is 2. The third-order valence-corrected chi connectivity index (χ3v) is 8.19. The van der Waals surface area contributed by atoms with Crippen LogP contribution in [0.3, 0.4) is 0 Å². The van der Waals surface area contributed by atoms with E-state index in [4.69, 9.17) is 0 Å². The maximum atomic E-state index is 13.8. The fraction of sp³-hybridized carbons (Fsp3) is 0.379. The van der Waals surface area contributed by atoms with Crippen LogP contribution in [0.4, 0.5) is 5.69 Å². The first-order chi connectivity index (χ1) is 17.7. The third-order valence-electron chi connectivity index (χ3n) is 7.07. The van der Waals surface area contributed by atoms with Crippen LogP contribution in [0.25, 0.3) is 10.8 Å². The summed E-state index contributed by atoms with van der Waals surface area (Å²) >= 11 is 0. The number of hydrogen-bond acceptors (Lipinski definition) is 4. The highest BCUT2D eigenvalue weighted by Gasteiger charge is 2.31. The summed E-state index contributed by atoms with van der Waals surface area (Å²) in [5.41, 5.74) is 1.48. The zero-order valence-corrected chi connectivity index (χ0v) is 22.3. The summed E-state index contributed by atoms with van der Waals surface area (Å²) < 4.78 is 27.0. The lowest BCUT2D eigenvalue weighted by Crippen LogP contribution is -2.53. The van der Waals surface area contributed by atoms with Gasteiger partial charge in [0.25, 0.3) is 0 Å². The maximum absolute atomic E-state index is 13.8. The molecule has 1 aliphatic rings. The van der Waals surface area contributed by atoms with Crippen molar-refractivity contribution in [1.82, 2.24) is 10.2 Å². The normalized spacial score (nSPS) is 14.9. The van der Waals surface area contributed by atoms with Crippen LogP contribution in [0.2, 0.25) is 0 Å². The van der Waals surface area contributed by atoms with Crippen molar-refractivity contribution >= 4 is 38.3 Å². The molecule has 37 heavy (non-hydrogen) atoms. The molecule has 1 fully saturated rings. The van der Waals surface area contributed by atoms with Crippen LogP contribution in [0.1, 0.15) is 38.2 Å². The Balaban J connectivity index is 1.61. The highest BCUT2D eigenvalue weighted by Crippen LogP contribution is 2.28. The molecule has 1 saturated carbocycles. The Bertz CT molecular complexity index is 1330. The molecular formula is C29H35N3O4S. The van der Waals surface area contributed by atoms with Crippen LogP contribution in [0, 0.1) is 0 Å². The first-order valence-electron chi connectivity index (χ1n) is 12.8. The summed E-state index contributed by atoms with van der Waals surface area (Å²) in [4.78, 5) is 28.4. The molecule has 0 aromatic heterocycles. The topological polar surface area (TPSA) is 86.8 Å². The van der Waals surface area contributed by atoms with E-state index in [0.29, 0.717) is 18.7 Å². The van der Waals surface area contributed by atoms with E-state index in [2.05, 4.69) is 5.32 Å². The molecule has 0 saturated heterocycles. The second kappa shape index (κ2) is 11.8. The van der Waals surface area contributed by atoms with Crippen LogP contribution in [0.5, 0.6) is 0 Å². The summed E-state index contributed by atoms with van der Waals surface area (Å²) in [6, 6.07) is 22.0. The fourth-order valence-electron chi connectivity index (χ4n) is 4.98. The minimum atomic E-state index is -3.78. The average Bonchev–Trinajstić information content (AvgIpc) is 3.40. The monoisotopic (exact) mass is 521 g/mol. The van der Waals surface area contributed by atoms with E-state index in [-0.39, 0.29) is 18.5 Å². The van der Waals surface area contributed by atoms with Gasteiger partial charge in [0.1, 0.15) is 12.6 Å². The number of sulfonamides is 1. The van der Waals surface area contributed by atoms with Gasteiger partial charge in [-0.2, -0.15) is 0 Å². The number of nitrogens with zero attached hydrogens (tertiary/aromatic N) is 2. The minimum absolute atomic E-state index is 0.129. The maximum Gasteiger partial charge on any atom is 0.244 e. The van der Waals surface area contributed by atoms with E-state index in [1.165, 1.54) is 4.90 Å². The van der Waals surface area contributed by atoms with Gasteiger partial charge in [-0.1, -0.05) is 79.6 Å². The van der Waals surface area contributed by atoms with Gasteiger partial charge in [0.15, 0.2) is 0 Å². The van der Waals surface area contributed by atoms with Crippen LogP contribution in [-0.2, 0) is 26.0 Å². The molecule has 0 heterocycles. The Hall–Kier alpha value is -3.39. The lowest BCUT2D eigenvalue weighted by atomic mass is 10.1. The summed E-state index contributed by atoms with van der Waals surface area (Å²) in [6.45, 7) is 1.63. The van der Waals surface area contributed by atoms with Gasteiger partial charge in [-0.3, -0.25) is 13.9 Å². The summed E-state index contributed by atoms with van der Waals surface area (Å²) in [5, 5.41) is 4.71. The van der Waals surface area contributed by atoms with E-state index in [9.17, 15) is 18.0 Å². The van der Waals surface area contributed by atoms with Crippen molar-refractivity contribution in [1.29, 1.82) is 0 Å². The van der Waals surface area contributed by atoms with Crippen molar-refractivity contribution in [2.24, 2.45) is 0 Å². The largest absolute Gasteiger partial charge is 0.352 e. The molecule has 3 aromatic carbocycles. The predicted molar refractivity (Wildman–Crippen MR) is 148 cm³/mol. The van der Waals surface area contributed by atoms with Crippen LogP contribution in [-0.4, -0.2) is 56.6 Å². The number of nitrogens with one attached hydrogen (secondary N) is 1. The van der Waals surface area contributed by atoms with Gasteiger partial charge in [-0.05, 0) is 43.2 Å². The summed E-state index contributed by atoms with van der Waals surface area (Å²) in [6.07, 6.45) is 5.72.